The second kappa shape index (κ2) is 10.9. The van der Waals surface area contributed by atoms with Crippen LogP contribution >= 0.6 is 35.3 Å². The Labute approximate surface area is 183 Å². The first-order valence-electron chi connectivity index (χ1n) is 9.14. The summed E-state index contributed by atoms with van der Waals surface area (Å²) in [5.41, 5.74) is 6.98. The van der Waals surface area contributed by atoms with Crippen LogP contribution in [-0.4, -0.2) is 37.6 Å². The van der Waals surface area contributed by atoms with Gasteiger partial charge in [-0.2, -0.15) is 0 Å². The van der Waals surface area contributed by atoms with Gasteiger partial charge in [0.05, 0.1) is 25.4 Å². The fourth-order valence-corrected chi connectivity index (χ4v) is 4.17. The molecule has 5 nitrogen and oxygen atoms in total. The number of para-hydroxylation sites is 2. The minimum Gasteiger partial charge on any atom is -0.495 e. The van der Waals surface area contributed by atoms with Crippen LogP contribution < -0.4 is 15.8 Å². The van der Waals surface area contributed by atoms with Crippen molar-refractivity contribution in [3.63, 3.8) is 0 Å². The maximum Gasteiger partial charge on any atom is 0.193 e. The molecule has 2 heterocycles. The van der Waals surface area contributed by atoms with Gasteiger partial charge in [0.2, 0.25) is 0 Å². The monoisotopic (exact) mass is 500 g/mol. The number of hydrogen-bond acceptors (Lipinski definition) is 4. The van der Waals surface area contributed by atoms with E-state index in [9.17, 15) is 0 Å². The number of nitrogens with two attached hydrogens (primary N) is 1. The number of nitrogens with zero attached hydrogens (tertiary/aromatic N) is 2. The summed E-state index contributed by atoms with van der Waals surface area (Å²) in [6.45, 7) is 5.24. The van der Waals surface area contributed by atoms with Crippen molar-refractivity contribution in [3.05, 3.63) is 46.7 Å². The largest absolute Gasteiger partial charge is 0.495 e. The molecule has 7 heteroatoms. The number of likely N-dealkylation sites (tertiary alicyclic amines) is 1. The number of thiophene rings is 1. The van der Waals surface area contributed by atoms with Gasteiger partial charge in [-0.15, -0.1) is 35.3 Å². The lowest BCUT2D eigenvalue weighted by atomic mass is 9.97. The van der Waals surface area contributed by atoms with Gasteiger partial charge in [0.15, 0.2) is 5.96 Å². The van der Waals surface area contributed by atoms with E-state index in [1.54, 1.807) is 18.4 Å². The highest BCUT2D eigenvalue weighted by atomic mass is 127. The summed E-state index contributed by atoms with van der Waals surface area (Å²) < 4.78 is 5.36. The fraction of sp³-hybridized carbons (Fsp3) is 0.450. The average Bonchev–Trinajstić information content (AvgIpc) is 3.18. The Morgan fingerprint density at radius 1 is 1.30 bits per heavy atom. The number of rotatable bonds is 6. The van der Waals surface area contributed by atoms with E-state index in [0.717, 1.165) is 30.4 Å². The molecule has 0 radical (unpaired) electrons. The van der Waals surface area contributed by atoms with E-state index in [0.29, 0.717) is 18.5 Å². The molecule has 1 aromatic carbocycles. The Morgan fingerprint density at radius 2 is 2.04 bits per heavy atom. The lowest BCUT2D eigenvalue weighted by Crippen LogP contribution is -2.37. The van der Waals surface area contributed by atoms with Crippen LogP contribution in [0.15, 0.2) is 46.8 Å². The number of nitrogens with one attached hydrogen (secondary N) is 1. The van der Waals surface area contributed by atoms with Gasteiger partial charge in [-0.1, -0.05) is 25.1 Å². The van der Waals surface area contributed by atoms with E-state index in [4.69, 9.17) is 10.5 Å². The van der Waals surface area contributed by atoms with Crippen LogP contribution in [0.2, 0.25) is 0 Å². The van der Waals surface area contributed by atoms with Gasteiger partial charge in [-0.05, 0) is 55.4 Å². The molecule has 0 saturated carbocycles. The molecule has 0 amide bonds. The zero-order chi connectivity index (χ0) is 18.4. The van der Waals surface area contributed by atoms with Gasteiger partial charge >= 0.3 is 0 Å². The fourth-order valence-electron chi connectivity index (χ4n) is 3.32. The van der Waals surface area contributed by atoms with Crippen molar-refractivity contribution in [2.45, 2.75) is 25.8 Å². The standard InChI is InChI=1S/C20H28N4OS.HI/c1-15-9-11-24(12-10-15)17(19-8-5-13-26-19)14-22-20(21)23-16-6-3-4-7-18(16)25-2;/h3-8,13,15,17H,9-12,14H2,1-2H3,(H3,21,22,23);1H. The first-order valence-corrected chi connectivity index (χ1v) is 10.0. The molecule has 1 fully saturated rings. The number of hydrogen-bond donors (Lipinski definition) is 2. The number of benzene rings is 1. The predicted octanol–water partition coefficient (Wildman–Crippen LogP) is 4.57. The lowest BCUT2D eigenvalue weighted by molar-refractivity contribution is 0.143. The number of anilines is 1. The molecule has 1 aliphatic rings. The minimum absolute atomic E-state index is 0. The summed E-state index contributed by atoms with van der Waals surface area (Å²) in [6.07, 6.45) is 2.50. The van der Waals surface area contributed by atoms with Crippen LogP contribution in [0.1, 0.15) is 30.7 Å². The Bertz CT molecular complexity index is 715. The Morgan fingerprint density at radius 3 is 2.70 bits per heavy atom. The van der Waals surface area contributed by atoms with Gasteiger partial charge < -0.3 is 15.8 Å². The molecule has 27 heavy (non-hydrogen) atoms. The van der Waals surface area contributed by atoms with Crippen LogP contribution in [0.5, 0.6) is 5.75 Å². The summed E-state index contributed by atoms with van der Waals surface area (Å²) in [6, 6.07) is 12.3. The first kappa shape index (κ1) is 22.0. The molecule has 1 aliphatic heterocycles. The van der Waals surface area contributed by atoms with Crippen LogP contribution in [0.3, 0.4) is 0 Å². The van der Waals surface area contributed by atoms with Crippen LogP contribution in [0, 0.1) is 5.92 Å². The van der Waals surface area contributed by atoms with Gasteiger partial charge in [-0.25, -0.2) is 0 Å². The van der Waals surface area contributed by atoms with Crippen molar-refractivity contribution in [3.8, 4) is 5.75 Å². The quantitative estimate of drug-likeness (QED) is 0.347. The van der Waals surface area contributed by atoms with Crippen LogP contribution in [0.25, 0.3) is 0 Å². The summed E-state index contributed by atoms with van der Waals surface area (Å²) in [7, 11) is 1.65. The van der Waals surface area contributed by atoms with E-state index in [1.165, 1.54) is 17.7 Å². The number of methoxy groups -OCH3 is 1. The molecule has 0 spiro atoms. The summed E-state index contributed by atoms with van der Waals surface area (Å²) in [5, 5.41) is 5.29. The number of ether oxygens (including phenoxy) is 1. The van der Waals surface area contributed by atoms with E-state index in [-0.39, 0.29) is 24.0 Å². The van der Waals surface area contributed by atoms with Gasteiger partial charge in [0.25, 0.3) is 0 Å². The summed E-state index contributed by atoms with van der Waals surface area (Å²) in [4.78, 5) is 8.54. The van der Waals surface area contributed by atoms with Crippen molar-refractivity contribution in [1.29, 1.82) is 0 Å². The second-order valence-corrected chi connectivity index (χ2v) is 7.78. The summed E-state index contributed by atoms with van der Waals surface area (Å²) >= 11 is 1.80. The maximum absolute atomic E-state index is 6.15. The molecule has 148 valence electrons. The molecule has 1 atom stereocenters. The van der Waals surface area contributed by atoms with Crippen molar-refractivity contribution in [1.82, 2.24) is 4.90 Å². The van der Waals surface area contributed by atoms with Crippen LogP contribution in [-0.2, 0) is 0 Å². The van der Waals surface area contributed by atoms with E-state index >= 15 is 0 Å². The van der Waals surface area contributed by atoms with E-state index in [2.05, 4.69) is 39.6 Å². The second-order valence-electron chi connectivity index (χ2n) is 6.80. The normalized spacial score (nSPS) is 17.2. The average molecular weight is 500 g/mol. The lowest BCUT2D eigenvalue weighted by Gasteiger charge is -2.35. The van der Waals surface area contributed by atoms with Gasteiger partial charge in [0, 0.05) is 4.88 Å². The predicted molar refractivity (Wildman–Crippen MR) is 126 cm³/mol. The van der Waals surface area contributed by atoms with E-state index in [1.807, 2.05) is 24.3 Å². The number of guanidine groups is 1. The van der Waals surface area contributed by atoms with Crippen molar-refractivity contribution in [2.75, 3.05) is 32.1 Å². The maximum atomic E-state index is 6.15. The Kier molecular flexibility index (Phi) is 8.85. The Balaban J connectivity index is 0.00000261. The zero-order valence-corrected chi connectivity index (χ0v) is 19.1. The third kappa shape index (κ3) is 6.08. The van der Waals surface area contributed by atoms with Crippen molar-refractivity contribution in [2.24, 2.45) is 16.6 Å². The van der Waals surface area contributed by atoms with Crippen molar-refractivity contribution >= 4 is 47.0 Å². The third-order valence-corrected chi connectivity index (χ3v) is 5.91. The highest BCUT2D eigenvalue weighted by Crippen LogP contribution is 2.30. The highest BCUT2D eigenvalue weighted by Gasteiger charge is 2.25. The molecule has 3 rings (SSSR count). The molecule has 0 bridgehead atoms. The molecule has 3 N–H and O–H groups in total. The van der Waals surface area contributed by atoms with Crippen molar-refractivity contribution < 1.29 is 4.74 Å². The van der Waals surface area contributed by atoms with Gasteiger partial charge in [-0.3, -0.25) is 9.89 Å². The molecular weight excluding hydrogens is 471 g/mol. The molecule has 0 aliphatic carbocycles. The molecule has 1 saturated heterocycles. The third-order valence-electron chi connectivity index (χ3n) is 4.93. The van der Waals surface area contributed by atoms with Gasteiger partial charge in [0.1, 0.15) is 5.75 Å². The number of piperidine rings is 1. The SMILES string of the molecule is COc1ccccc1NC(N)=NCC(c1cccs1)N1CCC(C)CC1.I. The highest BCUT2D eigenvalue weighted by molar-refractivity contribution is 14.0. The number of halogens is 1. The Hall–Kier alpha value is -1.32. The van der Waals surface area contributed by atoms with Crippen LogP contribution in [0.4, 0.5) is 5.69 Å². The molecule has 1 unspecified atom stereocenters. The minimum atomic E-state index is 0. The molecule has 2 aromatic rings. The molecular formula is C20H29IN4OS. The molecule has 1 aromatic heterocycles. The first-order chi connectivity index (χ1) is 12.7. The number of aliphatic imine (C=N–C) groups is 1. The zero-order valence-electron chi connectivity index (χ0n) is 15.9. The summed E-state index contributed by atoms with van der Waals surface area (Å²) in [5.74, 6) is 1.99. The smallest absolute Gasteiger partial charge is 0.193 e. The van der Waals surface area contributed by atoms with E-state index < -0.39 is 0 Å². The topological polar surface area (TPSA) is 62.9 Å².